The highest BCUT2D eigenvalue weighted by Gasteiger charge is 2.30. The summed E-state index contributed by atoms with van der Waals surface area (Å²) in [6.07, 6.45) is 6.14. The molecule has 1 saturated carbocycles. The van der Waals surface area contributed by atoms with Crippen LogP contribution in [0.3, 0.4) is 0 Å². The third kappa shape index (κ3) is 5.97. The van der Waals surface area contributed by atoms with Crippen LogP contribution in [-0.2, 0) is 20.7 Å². The number of esters is 1. The molecule has 3 nitrogen and oxygen atoms in total. The van der Waals surface area contributed by atoms with E-state index in [0.717, 1.165) is 24.2 Å². The van der Waals surface area contributed by atoms with Crippen molar-refractivity contribution in [1.29, 1.82) is 0 Å². The fourth-order valence-electron chi connectivity index (χ4n) is 3.09. The van der Waals surface area contributed by atoms with Gasteiger partial charge in [-0.25, -0.2) is 0 Å². The second-order valence-corrected chi connectivity index (χ2v) is 7.75. The van der Waals surface area contributed by atoms with Gasteiger partial charge in [-0.05, 0) is 56.2 Å². The minimum atomic E-state index is -0.138. The molecule has 1 aromatic rings. The van der Waals surface area contributed by atoms with Crippen molar-refractivity contribution >= 4 is 23.5 Å². The van der Waals surface area contributed by atoms with Gasteiger partial charge in [0.25, 0.3) is 0 Å². The van der Waals surface area contributed by atoms with E-state index in [1.54, 1.807) is 11.8 Å². The number of carbonyl (C=O) groups excluding carboxylic acids is 2. The Hall–Kier alpha value is -1.29. The summed E-state index contributed by atoms with van der Waals surface area (Å²) in [6.45, 7) is 4.45. The average molecular weight is 349 g/mol. The zero-order chi connectivity index (χ0) is 17.4. The van der Waals surface area contributed by atoms with Gasteiger partial charge in [-0.3, -0.25) is 9.59 Å². The van der Waals surface area contributed by atoms with Gasteiger partial charge in [-0.15, -0.1) is 11.8 Å². The molecule has 0 aliphatic heterocycles. The van der Waals surface area contributed by atoms with Crippen LogP contribution in [0.2, 0.25) is 0 Å². The highest BCUT2D eigenvalue weighted by atomic mass is 32.2. The minimum absolute atomic E-state index is 0.0281. The van der Waals surface area contributed by atoms with Crippen LogP contribution in [0.4, 0.5) is 0 Å². The van der Waals surface area contributed by atoms with Gasteiger partial charge in [0.2, 0.25) is 0 Å². The molecule has 2 unspecified atom stereocenters. The number of ketones is 1. The summed E-state index contributed by atoms with van der Waals surface area (Å²) in [5.74, 6) is 0.444. The Bertz CT molecular complexity index is 538. The van der Waals surface area contributed by atoms with Gasteiger partial charge < -0.3 is 4.74 Å². The maximum absolute atomic E-state index is 12.2. The van der Waals surface area contributed by atoms with Gasteiger partial charge in [-0.2, -0.15) is 0 Å². The van der Waals surface area contributed by atoms with Crippen molar-refractivity contribution in [3.05, 3.63) is 29.8 Å². The Labute approximate surface area is 149 Å². The summed E-state index contributed by atoms with van der Waals surface area (Å²) < 4.78 is 5.04. The SMILES string of the molecule is CCCCc1ccc(SC2CC(CC(=O)OCC)CCC2=O)cc1. The molecule has 0 heterocycles. The molecule has 1 aromatic carbocycles. The number of aryl methyl sites for hydroxylation is 1. The number of hydrogen-bond acceptors (Lipinski definition) is 4. The largest absolute Gasteiger partial charge is 0.466 e. The van der Waals surface area contributed by atoms with E-state index >= 15 is 0 Å². The number of benzene rings is 1. The number of ether oxygens (including phenoxy) is 1. The van der Waals surface area contributed by atoms with Gasteiger partial charge in [-0.1, -0.05) is 25.5 Å². The molecule has 0 radical (unpaired) electrons. The second-order valence-electron chi connectivity index (χ2n) is 6.47. The molecular formula is C20H28O3S. The summed E-state index contributed by atoms with van der Waals surface area (Å²) >= 11 is 1.65. The van der Waals surface area contributed by atoms with E-state index in [1.165, 1.54) is 18.4 Å². The fourth-order valence-corrected chi connectivity index (χ4v) is 4.33. The van der Waals surface area contributed by atoms with Crippen LogP contribution in [0.15, 0.2) is 29.2 Å². The summed E-state index contributed by atoms with van der Waals surface area (Å²) in [5.41, 5.74) is 1.36. The van der Waals surface area contributed by atoms with E-state index in [4.69, 9.17) is 4.74 Å². The predicted octanol–water partition coefficient (Wildman–Crippen LogP) is 4.81. The maximum Gasteiger partial charge on any atom is 0.306 e. The zero-order valence-electron chi connectivity index (χ0n) is 14.8. The molecule has 1 aliphatic carbocycles. The standard InChI is InChI=1S/C20H28O3S/c1-3-5-6-15-7-10-17(11-8-15)24-19-13-16(9-12-18(19)21)14-20(22)23-4-2/h7-8,10-11,16,19H,3-6,9,12-14H2,1-2H3. The topological polar surface area (TPSA) is 43.4 Å². The Morgan fingerprint density at radius 2 is 2.00 bits per heavy atom. The number of carbonyl (C=O) groups is 2. The monoisotopic (exact) mass is 348 g/mol. The number of unbranched alkanes of at least 4 members (excludes halogenated alkanes) is 1. The van der Waals surface area contributed by atoms with Crippen molar-refractivity contribution in [3.8, 4) is 0 Å². The second kappa shape index (κ2) is 9.87. The van der Waals surface area contributed by atoms with Gasteiger partial charge in [0.05, 0.1) is 11.9 Å². The van der Waals surface area contributed by atoms with Crippen molar-refractivity contribution < 1.29 is 14.3 Å². The lowest BCUT2D eigenvalue weighted by molar-refractivity contribution is -0.144. The molecule has 0 saturated heterocycles. The third-order valence-electron chi connectivity index (χ3n) is 4.49. The predicted molar refractivity (Wildman–Crippen MR) is 98.3 cm³/mol. The first-order chi connectivity index (χ1) is 11.6. The van der Waals surface area contributed by atoms with E-state index in [1.807, 2.05) is 6.92 Å². The number of rotatable bonds is 8. The van der Waals surface area contributed by atoms with Crippen LogP contribution in [0.5, 0.6) is 0 Å². The van der Waals surface area contributed by atoms with Crippen molar-refractivity contribution in [1.82, 2.24) is 0 Å². The van der Waals surface area contributed by atoms with Crippen molar-refractivity contribution in [2.75, 3.05) is 6.61 Å². The van der Waals surface area contributed by atoms with E-state index in [0.29, 0.717) is 25.2 Å². The Morgan fingerprint density at radius 1 is 1.25 bits per heavy atom. The normalized spacial score (nSPS) is 20.8. The number of thioether (sulfide) groups is 1. The molecule has 132 valence electrons. The quantitative estimate of drug-likeness (QED) is 0.632. The van der Waals surface area contributed by atoms with Crippen LogP contribution in [-0.4, -0.2) is 23.6 Å². The van der Waals surface area contributed by atoms with Crippen LogP contribution >= 0.6 is 11.8 Å². The first kappa shape index (κ1) is 19.0. The molecule has 0 amide bonds. The average Bonchev–Trinajstić information content (AvgIpc) is 2.57. The van der Waals surface area contributed by atoms with Crippen molar-refractivity contribution in [2.45, 2.75) is 68.9 Å². The van der Waals surface area contributed by atoms with Crippen molar-refractivity contribution in [2.24, 2.45) is 5.92 Å². The van der Waals surface area contributed by atoms with E-state index in [9.17, 15) is 9.59 Å². The van der Waals surface area contributed by atoms with E-state index in [2.05, 4.69) is 31.2 Å². The molecule has 24 heavy (non-hydrogen) atoms. The summed E-state index contributed by atoms with van der Waals surface area (Å²) in [4.78, 5) is 25.0. The smallest absolute Gasteiger partial charge is 0.306 e. The van der Waals surface area contributed by atoms with Crippen LogP contribution in [0.25, 0.3) is 0 Å². The highest BCUT2D eigenvalue weighted by Crippen LogP contribution is 2.36. The van der Waals surface area contributed by atoms with E-state index < -0.39 is 0 Å². The first-order valence-electron chi connectivity index (χ1n) is 9.06. The third-order valence-corrected chi connectivity index (χ3v) is 5.77. The lowest BCUT2D eigenvalue weighted by Crippen LogP contribution is -2.28. The van der Waals surface area contributed by atoms with E-state index in [-0.39, 0.29) is 17.1 Å². The number of Topliss-reactive ketones (excluding diaryl/α,β-unsaturated/α-hetero) is 1. The fraction of sp³-hybridized carbons (Fsp3) is 0.600. The van der Waals surface area contributed by atoms with Crippen molar-refractivity contribution in [3.63, 3.8) is 0 Å². The molecule has 2 rings (SSSR count). The zero-order valence-corrected chi connectivity index (χ0v) is 15.6. The summed E-state index contributed by atoms with van der Waals surface area (Å²) in [5, 5.41) is -0.0281. The molecule has 0 aromatic heterocycles. The Balaban J connectivity index is 1.89. The van der Waals surface area contributed by atoms with Crippen LogP contribution in [0.1, 0.15) is 57.9 Å². The van der Waals surface area contributed by atoms with Gasteiger partial charge >= 0.3 is 5.97 Å². The molecule has 4 heteroatoms. The Morgan fingerprint density at radius 3 is 2.67 bits per heavy atom. The minimum Gasteiger partial charge on any atom is -0.466 e. The molecule has 2 atom stereocenters. The molecule has 1 fully saturated rings. The van der Waals surface area contributed by atoms with Gasteiger partial charge in [0.1, 0.15) is 5.78 Å². The molecular weight excluding hydrogens is 320 g/mol. The molecule has 0 bridgehead atoms. The summed E-state index contributed by atoms with van der Waals surface area (Å²) in [6, 6.07) is 8.58. The molecule has 0 spiro atoms. The van der Waals surface area contributed by atoms with Gasteiger partial charge in [0.15, 0.2) is 0 Å². The molecule has 1 aliphatic rings. The van der Waals surface area contributed by atoms with Crippen LogP contribution in [0, 0.1) is 5.92 Å². The lowest BCUT2D eigenvalue weighted by atomic mass is 9.86. The summed E-state index contributed by atoms with van der Waals surface area (Å²) in [7, 11) is 0. The first-order valence-corrected chi connectivity index (χ1v) is 9.94. The lowest BCUT2D eigenvalue weighted by Gasteiger charge is -2.27. The maximum atomic E-state index is 12.2. The highest BCUT2D eigenvalue weighted by molar-refractivity contribution is 8.00. The molecule has 0 N–H and O–H groups in total. The van der Waals surface area contributed by atoms with Crippen LogP contribution < -0.4 is 0 Å². The van der Waals surface area contributed by atoms with Gasteiger partial charge in [0, 0.05) is 17.7 Å². The number of hydrogen-bond donors (Lipinski definition) is 0. The Kier molecular flexibility index (Phi) is 7.83.